The van der Waals surface area contributed by atoms with Crippen molar-refractivity contribution in [2.45, 2.75) is 59.4 Å². The Balaban J connectivity index is 1.83. The number of hydrogen-bond donors (Lipinski definition) is 1. The number of nitrogens with zero attached hydrogens (tertiary/aromatic N) is 1. The number of nitrogens with one attached hydrogen (secondary N) is 1. The van der Waals surface area contributed by atoms with Gasteiger partial charge in [0.2, 0.25) is 5.91 Å². The van der Waals surface area contributed by atoms with Crippen LogP contribution in [0.3, 0.4) is 0 Å². The fourth-order valence-electron chi connectivity index (χ4n) is 3.42. The molecule has 1 aromatic rings. The summed E-state index contributed by atoms with van der Waals surface area (Å²) >= 11 is 0. The Morgan fingerprint density at radius 2 is 1.85 bits per heavy atom. The molecule has 0 spiro atoms. The van der Waals surface area contributed by atoms with Gasteiger partial charge in [0.1, 0.15) is 0 Å². The topological polar surface area (TPSA) is 58.6 Å². The second-order valence-electron chi connectivity index (χ2n) is 8.71. The van der Waals surface area contributed by atoms with E-state index in [0.717, 1.165) is 6.42 Å². The van der Waals surface area contributed by atoms with Crippen molar-refractivity contribution in [1.29, 1.82) is 0 Å². The van der Waals surface area contributed by atoms with Gasteiger partial charge in [0.15, 0.2) is 0 Å². The molecule has 1 aliphatic heterocycles. The summed E-state index contributed by atoms with van der Waals surface area (Å²) in [5.41, 5.74) is 2.19. The molecule has 0 aromatic heterocycles. The molecular weight excluding hydrogens is 340 g/mol. The molecule has 0 radical (unpaired) electrons. The van der Waals surface area contributed by atoms with Crippen LogP contribution in [0.2, 0.25) is 0 Å². The van der Waals surface area contributed by atoms with Crippen molar-refractivity contribution in [1.82, 2.24) is 10.2 Å². The Bertz CT molecular complexity index is 647. The average molecular weight is 375 g/mol. The van der Waals surface area contributed by atoms with Crippen LogP contribution in [0.15, 0.2) is 24.3 Å². The Morgan fingerprint density at radius 1 is 1.22 bits per heavy atom. The third-order valence-corrected chi connectivity index (χ3v) is 5.02. The molecule has 0 saturated carbocycles. The van der Waals surface area contributed by atoms with Gasteiger partial charge in [-0.2, -0.15) is 0 Å². The lowest BCUT2D eigenvalue weighted by Crippen LogP contribution is -2.50. The van der Waals surface area contributed by atoms with Crippen LogP contribution >= 0.6 is 0 Å². The second kappa shape index (κ2) is 9.25. The van der Waals surface area contributed by atoms with E-state index in [1.807, 2.05) is 26.0 Å². The summed E-state index contributed by atoms with van der Waals surface area (Å²) < 4.78 is 5.28. The lowest BCUT2D eigenvalue weighted by molar-refractivity contribution is -0.128. The van der Waals surface area contributed by atoms with Crippen LogP contribution in [-0.4, -0.2) is 42.1 Å². The lowest BCUT2D eigenvalue weighted by atomic mass is 9.90. The first-order chi connectivity index (χ1) is 12.7. The van der Waals surface area contributed by atoms with Crippen molar-refractivity contribution in [2.75, 3.05) is 19.7 Å². The van der Waals surface area contributed by atoms with E-state index in [4.69, 9.17) is 4.74 Å². The fraction of sp³-hybridized carbons (Fsp3) is 0.636. The third kappa shape index (κ3) is 6.56. The van der Waals surface area contributed by atoms with Gasteiger partial charge in [0, 0.05) is 24.5 Å². The first-order valence-electron chi connectivity index (χ1n) is 9.96. The van der Waals surface area contributed by atoms with Crippen molar-refractivity contribution in [3.05, 3.63) is 35.4 Å². The number of aryl methyl sites for hydroxylation is 1. The molecule has 1 N–H and O–H groups in total. The molecule has 5 heteroatoms. The van der Waals surface area contributed by atoms with E-state index in [1.165, 1.54) is 11.1 Å². The lowest BCUT2D eigenvalue weighted by Gasteiger charge is -2.34. The van der Waals surface area contributed by atoms with Crippen molar-refractivity contribution >= 4 is 12.0 Å². The standard InChI is InChI=1S/C22H34N2O3/c1-16(2)15-27-21(26)24-12-10-18(11-13-24)20(25)23-22(4,5)14-19-9-7-6-8-17(19)3/h6-9,16,18H,10-15H2,1-5H3,(H,23,25). The van der Waals surface area contributed by atoms with Gasteiger partial charge in [-0.3, -0.25) is 4.79 Å². The maximum absolute atomic E-state index is 12.7. The number of amides is 2. The normalized spacial score (nSPS) is 15.7. The summed E-state index contributed by atoms with van der Waals surface area (Å²) in [6.07, 6.45) is 1.90. The van der Waals surface area contributed by atoms with Gasteiger partial charge in [0.05, 0.1) is 6.61 Å². The van der Waals surface area contributed by atoms with Crippen molar-refractivity contribution < 1.29 is 14.3 Å². The van der Waals surface area contributed by atoms with Crippen LogP contribution in [0.1, 0.15) is 51.7 Å². The SMILES string of the molecule is Cc1ccccc1CC(C)(C)NC(=O)C1CCN(C(=O)OCC(C)C)CC1. The van der Waals surface area contributed by atoms with Gasteiger partial charge in [-0.05, 0) is 57.1 Å². The number of carbonyl (C=O) groups is 2. The highest BCUT2D eigenvalue weighted by Gasteiger charge is 2.31. The molecule has 0 bridgehead atoms. The van der Waals surface area contributed by atoms with Crippen molar-refractivity contribution in [2.24, 2.45) is 11.8 Å². The largest absolute Gasteiger partial charge is 0.449 e. The zero-order valence-corrected chi connectivity index (χ0v) is 17.4. The maximum atomic E-state index is 12.7. The second-order valence-corrected chi connectivity index (χ2v) is 8.71. The highest BCUT2D eigenvalue weighted by Crippen LogP contribution is 2.21. The maximum Gasteiger partial charge on any atom is 0.409 e. The number of benzene rings is 1. The Labute approximate surface area is 163 Å². The molecular formula is C22H34N2O3. The smallest absolute Gasteiger partial charge is 0.409 e. The predicted octanol–water partition coefficient (Wildman–Crippen LogP) is 3.94. The molecule has 2 amide bonds. The Kier molecular flexibility index (Phi) is 7.28. The van der Waals surface area contributed by atoms with Crippen LogP contribution in [-0.2, 0) is 16.0 Å². The third-order valence-electron chi connectivity index (χ3n) is 5.02. The summed E-state index contributed by atoms with van der Waals surface area (Å²) in [4.78, 5) is 26.5. The first-order valence-corrected chi connectivity index (χ1v) is 9.96. The summed E-state index contributed by atoms with van der Waals surface area (Å²) in [5, 5.41) is 3.21. The zero-order chi connectivity index (χ0) is 20.0. The van der Waals surface area contributed by atoms with E-state index in [2.05, 4.69) is 38.2 Å². The van der Waals surface area contributed by atoms with E-state index in [-0.39, 0.29) is 23.5 Å². The highest BCUT2D eigenvalue weighted by molar-refractivity contribution is 5.80. The van der Waals surface area contributed by atoms with Gasteiger partial charge >= 0.3 is 6.09 Å². The number of likely N-dealkylation sites (tertiary alicyclic amines) is 1. The number of carbonyl (C=O) groups excluding carboxylic acids is 2. The number of rotatable bonds is 6. The van der Waals surface area contributed by atoms with Crippen LogP contribution in [0.5, 0.6) is 0 Å². The molecule has 1 aliphatic rings. The average Bonchev–Trinajstić information content (AvgIpc) is 2.61. The minimum absolute atomic E-state index is 0.0460. The van der Waals surface area contributed by atoms with E-state index < -0.39 is 0 Å². The van der Waals surface area contributed by atoms with Crippen LogP contribution in [0.4, 0.5) is 4.79 Å². The zero-order valence-electron chi connectivity index (χ0n) is 17.4. The summed E-state index contributed by atoms with van der Waals surface area (Å²) in [6, 6.07) is 8.28. The van der Waals surface area contributed by atoms with Crippen LogP contribution in [0, 0.1) is 18.8 Å². The van der Waals surface area contributed by atoms with E-state index in [1.54, 1.807) is 4.90 Å². The molecule has 150 valence electrons. The molecule has 1 fully saturated rings. The summed E-state index contributed by atoms with van der Waals surface area (Å²) in [7, 11) is 0. The van der Waals surface area contributed by atoms with Gasteiger partial charge in [-0.25, -0.2) is 4.79 Å². The van der Waals surface area contributed by atoms with Gasteiger partial charge < -0.3 is 15.0 Å². The number of piperidine rings is 1. The number of ether oxygens (including phenoxy) is 1. The highest BCUT2D eigenvalue weighted by atomic mass is 16.6. The van der Waals surface area contributed by atoms with Crippen LogP contribution in [0.25, 0.3) is 0 Å². The summed E-state index contributed by atoms with van der Waals surface area (Å²) in [5.74, 6) is 0.367. The first kappa shape index (κ1) is 21.3. The molecule has 0 unspecified atom stereocenters. The molecule has 1 aromatic carbocycles. The van der Waals surface area contributed by atoms with E-state index in [9.17, 15) is 9.59 Å². The minimum Gasteiger partial charge on any atom is -0.449 e. The predicted molar refractivity (Wildman–Crippen MR) is 108 cm³/mol. The molecule has 5 nitrogen and oxygen atoms in total. The number of hydrogen-bond acceptors (Lipinski definition) is 3. The molecule has 1 heterocycles. The quantitative estimate of drug-likeness (QED) is 0.820. The van der Waals surface area contributed by atoms with Crippen molar-refractivity contribution in [3.8, 4) is 0 Å². The Morgan fingerprint density at radius 3 is 2.44 bits per heavy atom. The molecule has 27 heavy (non-hydrogen) atoms. The van der Waals surface area contributed by atoms with Crippen LogP contribution < -0.4 is 5.32 Å². The van der Waals surface area contributed by atoms with Gasteiger partial charge in [-0.1, -0.05) is 38.1 Å². The molecule has 0 aliphatic carbocycles. The fourth-order valence-corrected chi connectivity index (χ4v) is 3.42. The molecule has 1 saturated heterocycles. The van der Waals surface area contributed by atoms with E-state index in [0.29, 0.717) is 38.5 Å². The van der Waals surface area contributed by atoms with Gasteiger partial charge in [-0.15, -0.1) is 0 Å². The minimum atomic E-state index is -0.309. The molecule has 0 atom stereocenters. The van der Waals surface area contributed by atoms with Gasteiger partial charge in [0.25, 0.3) is 0 Å². The van der Waals surface area contributed by atoms with Crippen molar-refractivity contribution in [3.63, 3.8) is 0 Å². The van der Waals surface area contributed by atoms with E-state index >= 15 is 0 Å². The molecule has 2 rings (SSSR count). The Hall–Kier alpha value is -2.04. The monoisotopic (exact) mass is 374 g/mol. The summed E-state index contributed by atoms with van der Waals surface area (Å²) in [6.45, 7) is 11.9.